The van der Waals surface area contributed by atoms with E-state index in [1.54, 1.807) is 12.1 Å². The van der Waals surface area contributed by atoms with Gasteiger partial charge in [0.1, 0.15) is 18.4 Å². The third-order valence-corrected chi connectivity index (χ3v) is 3.54. The van der Waals surface area contributed by atoms with Gasteiger partial charge in [-0.05, 0) is 24.5 Å². The standard InChI is InChI=1S/C15H19ClN2O3/c1-10(2)9-12-14(19)18(15(20)17-12)7-8-21-13-6-4-3-5-11(13)16/h3-6,10,12H,7-9H2,1-2H3,(H,17,20)/t12-/m0/s1. The van der Waals surface area contributed by atoms with Crippen molar-refractivity contribution in [3.8, 4) is 5.75 Å². The fourth-order valence-corrected chi connectivity index (χ4v) is 2.42. The van der Waals surface area contributed by atoms with Gasteiger partial charge in [-0.15, -0.1) is 0 Å². The second kappa shape index (κ2) is 6.80. The molecule has 1 atom stereocenters. The Morgan fingerprint density at radius 3 is 2.71 bits per heavy atom. The van der Waals surface area contributed by atoms with Crippen LogP contribution in [0.2, 0.25) is 5.02 Å². The Labute approximate surface area is 129 Å². The van der Waals surface area contributed by atoms with E-state index in [1.807, 2.05) is 26.0 Å². The van der Waals surface area contributed by atoms with Gasteiger partial charge in [-0.3, -0.25) is 9.69 Å². The first-order chi connectivity index (χ1) is 9.99. The summed E-state index contributed by atoms with van der Waals surface area (Å²) in [5.41, 5.74) is 0. The number of nitrogens with one attached hydrogen (secondary N) is 1. The van der Waals surface area contributed by atoms with Gasteiger partial charge in [0, 0.05) is 0 Å². The number of benzene rings is 1. The highest BCUT2D eigenvalue weighted by Gasteiger charge is 2.37. The second-order valence-corrected chi connectivity index (χ2v) is 5.81. The van der Waals surface area contributed by atoms with Crippen molar-refractivity contribution in [2.75, 3.05) is 13.2 Å². The van der Waals surface area contributed by atoms with Crippen molar-refractivity contribution in [3.63, 3.8) is 0 Å². The Hall–Kier alpha value is -1.75. The Morgan fingerprint density at radius 2 is 2.05 bits per heavy atom. The minimum absolute atomic E-state index is 0.184. The van der Waals surface area contributed by atoms with Crippen LogP contribution in [0.15, 0.2) is 24.3 Å². The van der Waals surface area contributed by atoms with E-state index in [0.29, 0.717) is 23.1 Å². The van der Waals surface area contributed by atoms with Crippen molar-refractivity contribution in [1.82, 2.24) is 10.2 Å². The molecule has 0 aliphatic carbocycles. The molecule has 6 heteroatoms. The van der Waals surface area contributed by atoms with E-state index < -0.39 is 6.04 Å². The van der Waals surface area contributed by atoms with Crippen molar-refractivity contribution in [1.29, 1.82) is 0 Å². The third-order valence-electron chi connectivity index (χ3n) is 3.22. The van der Waals surface area contributed by atoms with Crippen molar-refractivity contribution in [3.05, 3.63) is 29.3 Å². The number of ether oxygens (including phenoxy) is 1. The van der Waals surface area contributed by atoms with E-state index in [0.717, 1.165) is 0 Å². The lowest BCUT2D eigenvalue weighted by Crippen LogP contribution is -2.35. The van der Waals surface area contributed by atoms with E-state index in [2.05, 4.69) is 5.32 Å². The quantitative estimate of drug-likeness (QED) is 0.822. The summed E-state index contributed by atoms with van der Waals surface area (Å²) in [6, 6.07) is 6.32. The zero-order valence-electron chi connectivity index (χ0n) is 12.1. The van der Waals surface area contributed by atoms with Crippen LogP contribution in [0.25, 0.3) is 0 Å². The molecule has 0 spiro atoms. The molecule has 1 fully saturated rings. The highest BCUT2D eigenvalue weighted by atomic mass is 35.5. The topological polar surface area (TPSA) is 58.6 Å². The molecule has 0 saturated carbocycles. The van der Waals surface area contributed by atoms with Crippen molar-refractivity contribution < 1.29 is 14.3 Å². The van der Waals surface area contributed by atoms with Crippen LogP contribution in [-0.2, 0) is 4.79 Å². The zero-order valence-corrected chi connectivity index (χ0v) is 12.9. The molecule has 1 saturated heterocycles. The van der Waals surface area contributed by atoms with E-state index in [1.165, 1.54) is 4.90 Å². The molecule has 3 amide bonds. The Morgan fingerprint density at radius 1 is 1.33 bits per heavy atom. The predicted octanol–water partition coefficient (Wildman–Crippen LogP) is 2.69. The van der Waals surface area contributed by atoms with Gasteiger partial charge in [0.2, 0.25) is 0 Å². The first kappa shape index (κ1) is 15.6. The summed E-state index contributed by atoms with van der Waals surface area (Å²) in [6.07, 6.45) is 0.645. The summed E-state index contributed by atoms with van der Waals surface area (Å²) in [7, 11) is 0. The number of hydrogen-bond acceptors (Lipinski definition) is 3. The average Bonchev–Trinajstić information content (AvgIpc) is 2.67. The molecule has 1 N–H and O–H groups in total. The smallest absolute Gasteiger partial charge is 0.324 e. The molecule has 1 aromatic carbocycles. The van der Waals surface area contributed by atoms with E-state index >= 15 is 0 Å². The van der Waals surface area contributed by atoms with Gasteiger partial charge < -0.3 is 10.1 Å². The summed E-state index contributed by atoms with van der Waals surface area (Å²) in [6.45, 7) is 4.47. The van der Waals surface area contributed by atoms with Crippen molar-refractivity contribution in [2.45, 2.75) is 26.3 Å². The van der Waals surface area contributed by atoms with Crippen molar-refractivity contribution in [2.24, 2.45) is 5.92 Å². The van der Waals surface area contributed by atoms with Gasteiger partial charge in [0.15, 0.2) is 0 Å². The molecule has 0 radical (unpaired) electrons. The van der Waals surface area contributed by atoms with E-state index in [9.17, 15) is 9.59 Å². The lowest BCUT2D eigenvalue weighted by molar-refractivity contribution is -0.128. The first-order valence-corrected chi connectivity index (χ1v) is 7.36. The number of imide groups is 1. The summed E-state index contributed by atoms with van der Waals surface area (Å²) in [5, 5.41) is 3.21. The van der Waals surface area contributed by atoms with E-state index in [-0.39, 0.29) is 25.1 Å². The summed E-state index contributed by atoms with van der Waals surface area (Å²) < 4.78 is 5.51. The van der Waals surface area contributed by atoms with Crippen molar-refractivity contribution >= 4 is 23.5 Å². The number of carbonyl (C=O) groups is 2. The first-order valence-electron chi connectivity index (χ1n) is 6.98. The molecule has 1 aromatic rings. The molecule has 5 nitrogen and oxygen atoms in total. The monoisotopic (exact) mass is 310 g/mol. The second-order valence-electron chi connectivity index (χ2n) is 5.40. The Kier molecular flexibility index (Phi) is 5.07. The van der Waals surface area contributed by atoms with Crippen LogP contribution in [0.5, 0.6) is 5.75 Å². The van der Waals surface area contributed by atoms with Crippen LogP contribution in [0, 0.1) is 5.92 Å². The Bertz CT molecular complexity index is 533. The maximum absolute atomic E-state index is 12.1. The maximum Gasteiger partial charge on any atom is 0.324 e. The number of para-hydroxylation sites is 1. The molecule has 0 unspecified atom stereocenters. The average molecular weight is 311 g/mol. The largest absolute Gasteiger partial charge is 0.490 e. The van der Waals surface area contributed by atoms with Crippen LogP contribution in [-0.4, -0.2) is 36.0 Å². The maximum atomic E-state index is 12.1. The van der Waals surface area contributed by atoms with Gasteiger partial charge in [0.05, 0.1) is 11.6 Å². The molecule has 0 bridgehead atoms. The number of hydrogen-bond donors (Lipinski definition) is 1. The van der Waals surface area contributed by atoms with Gasteiger partial charge in [-0.1, -0.05) is 37.6 Å². The zero-order chi connectivity index (χ0) is 15.4. The van der Waals surface area contributed by atoms with Gasteiger partial charge in [-0.25, -0.2) is 4.79 Å². The Balaban J connectivity index is 1.87. The number of carbonyl (C=O) groups excluding carboxylic acids is 2. The third kappa shape index (κ3) is 3.88. The number of halogens is 1. The molecule has 114 valence electrons. The number of urea groups is 1. The molecular formula is C15H19ClN2O3. The highest BCUT2D eigenvalue weighted by molar-refractivity contribution is 6.32. The van der Waals surface area contributed by atoms with Crippen LogP contribution in [0.4, 0.5) is 4.79 Å². The van der Waals surface area contributed by atoms with Crippen LogP contribution >= 0.6 is 11.6 Å². The molecule has 1 heterocycles. The number of rotatable bonds is 6. The lowest BCUT2D eigenvalue weighted by atomic mass is 10.0. The summed E-state index contributed by atoms with van der Waals surface area (Å²) in [5.74, 6) is 0.708. The fourth-order valence-electron chi connectivity index (χ4n) is 2.23. The lowest BCUT2D eigenvalue weighted by Gasteiger charge is -2.14. The minimum atomic E-state index is -0.419. The van der Waals surface area contributed by atoms with Crippen LogP contribution in [0.1, 0.15) is 20.3 Å². The van der Waals surface area contributed by atoms with Crippen LogP contribution < -0.4 is 10.1 Å². The summed E-state index contributed by atoms with van der Waals surface area (Å²) in [4.78, 5) is 25.1. The molecule has 1 aliphatic heterocycles. The van der Waals surface area contributed by atoms with Gasteiger partial charge in [0.25, 0.3) is 5.91 Å². The number of nitrogens with zero attached hydrogens (tertiary/aromatic N) is 1. The highest BCUT2D eigenvalue weighted by Crippen LogP contribution is 2.23. The molecule has 0 aromatic heterocycles. The predicted molar refractivity (Wildman–Crippen MR) is 80.4 cm³/mol. The van der Waals surface area contributed by atoms with Gasteiger partial charge >= 0.3 is 6.03 Å². The molecule has 21 heavy (non-hydrogen) atoms. The normalized spacial score (nSPS) is 18.3. The summed E-state index contributed by atoms with van der Waals surface area (Å²) >= 11 is 5.97. The molecular weight excluding hydrogens is 292 g/mol. The SMILES string of the molecule is CC(C)C[C@@H]1NC(=O)N(CCOc2ccccc2Cl)C1=O. The fraction of sp³-hybridized carbons (Fsp3) is 0.467. The van der Waals surface area contributed by atoms with Gasteiger partial charge in [-0.2, -0.15) is 0 Å². The number of amides is 3. The van der Waals surface area contributed by atoms with E-state index in [4.69, 9.17) is 16.3 Å². The minimum Gasteiger partial charge on any atom is -0.490 e. The molecule has 1 aliphatic rings. The molecule has 2 rings (SSSR count). The van der Waals surface area contributed by atoms with Crippen LogP contribution in [0.3, 0.4) is 0 Å².